The van der Waals surface area contributed by atoms with Crippen molar-refractivity contribution in [3.05, 3.63) is 42.0 Å². The molecule has 0 aromatic heterocycles. The zero-order chi connectivity index (χ0) is 14.4. The molecule has 0 spiro atoms. The minimum absolute atomic E-state index is 0.108. The average Bonchev–Trinajstić information content (AvgIpc) is 2.45. The van der Waals surface area contributed by atoms with Gasteiger partial charge >= 0.3 is 0 Å². The molecule has 0 bridgehead atoms. The lowest BCUT2D eigenvalue weighted by atomic mass is 10.1. The molecule has 2 rings (SSSR count). The number of fused-ring (bicyclic) bond motifs is 1. The summed E-state index contributed by atoms with van der Waals surface area (Å²) in [5.74, 6) is 7.42. The Bertz CT molecular complexity index is 633. The second-order valence-electron chi connectivity index (χ2n) is 5.20. The summed E-state index contributed by atoms with van der Waals surface area (Å²) in [4.78, 5) is 0. The predicted molar refractivity (Wildman–Crippen MR) is 82.9 cm³/mol. The van der Waals surface area contributed by atoms with Gasteiger partial charge in [0.1, 0.15) is 5.75 Å². The molecule has 0 saturated carbocycles. The minimum atomic E-state index is 0.108. The molecule has 2 heteroatoms. The van der Waals surface area contributed by atoms with Crippen LogP contribution in [0.3, 0.4) is 0 Å². The van der Waals surface area contributed by atoms with Gasteiger partial charge < -0.3 is 9.84 Å². The van der Waals surface area contributed by atoms with Crippen LogP contribution in [0.4, 0.5) is 0 Å². The van der Waals surface area contributed by atoms with Crippen molar-refractivity contribution in [3.63, 3.8) is 0 Å². The minimum Gasteiger partial charge on any atom is -0.493 e. The average molecular weight is 268 g/mol. The molecule has 0 atom stereocenters. The maximum atomic E-state index is 8.72. The molecule has 0 fully saturated rings. The summed E-state index contributed by atoms with van der Waals surface area (Å²) >= 11 is 0. The van der Waals surface area contributed by atoms with E-state index in [1.807, 2.05) is 12.1 Å². The molecule has 0 heterocycles. The number of aliphatic hydroxyl groups is 1. The van der Waals surface area contributed by atoms with Crippen LogP contribution < -0.4 is 4.74 Å². The first-order chi connectivity index (χ1) is 9.69. The zero-order valence-electron chi connectivity index (χ0n) is 12.0. The van der Waals surface area contributed by atoms with E-state index >= 15 is 0 Å². The van der Waals surface area contributed by atoms with Crippen LogP contribution in [0.2, 0.25) is 0 Å². The molecule has 0 aliphatic rings. The van der Waals surface area contributed by atoms with Crippen molar-refractivity contribution in [3.8, 4) is 17.6 Å². The maximum Gasteiger partial charge on any atom is 0.119 e. The van der Waals surface area contributed by atoms with Gasteiger partial charge in [-0.15, -0.1) is 0 Å². The van der Waals surface area contributed by atoms with Crippen LogP contribution >= 0.6 is 0 Å². The van der Waals surface area contributed by atoms with Crippen LogP contribution in [0.25, 0.3) is 10.8 Å². The Hall–Kier alpha value is -1.98. The largest absolute Gasteiger partial charge is 0.493 e. The van der Waals surface area contributed by atoms with Crippen molar-refractivity contribution in [1.82, 2.24) is 0 Å². The van der Waals surface area contributed by atoms with Crippen molar-refractivity contribution in [2.45, 2.75) is 20.3 Å². The molecule has 0 aliphatic heterocycles. The molecule has 0 aliphatic carbocycles. The van der Waals surface area contributed by atoms with Crippen molar-refractivity contribution >= 4 is 10.8 Å². The van der Waals surface area contributed by atoms with E-state index in [0.717, 1.165) is 28.7 Å². The first-order valence-electron chi connectivity index (χ1n) is 6.95. The molecule has 1 N–H and O–H groups in total. The first-order valence-corrected chi connectivity index (χ1v) is 6.95. The molecule has 0 unspecified atom stereocenters. The normalized spacial score (nSPS) is 10.4. The van der Waals surface area contributed by atoms with Crippen LogP contribution in [0.1, 0.15) is 25.8 Å². The zero-order valence-corrected chi connectivity index (χ0v) is 12.0. The molecular formula is C18H20O2. The summed E-state index contributed by atoms with van der Waals surface area (Å²) in [5.41, 5.74) is 0.974. The van der Waals surface area contributed by atoms with E-state index in [1.165, 1.54) is 0 Å². The van der Waals surface area contributed by atoms with Crippen molar-refractivity contribution in [1.29, 1.82) is 0 Å². The number of aliphatic hydroxyl groups excluding tert-OH is 1. The topological polar surface area (TPSA) is 29.5 Å². The Morgan fingerprint density at radius 2 is 1.85 bits per heavy atom. The summed E-state index contributed by atoms with van der Waals surface area (Å²) in [5, 5.41) is 11.0. The molecule has 2 aromatic carbocycles. The lowest BCUT2D eigenvalue weighted by molar-refractivity contribution is 0.271. The van der Waals surface area contributed by atoms with E-state index in [1.54, 1.807) is 0 Å². The van der Waals surface area contributed by atoms with Gasteiger partial charge in [-0.05, 0) is 41.0 Å². The lowest BCUT2D eigenvalue weighted by Crippen LogP contribution is -2.04. The van der Waals surface area contributed by atoms with Gasteiger partial charge in [-0.3, -0.25) is 0 Å². The van der Waals surface area contributed by atoms with E-state index in [0.29, 0.717) is 12.3 Å². The SMILES string of the molecule is CC(C)COc1ccc2cc(C#CCCO)ccc2c1. The van der Waals surface area contributed by atoms with Crippen LogP contribution in [-0.2, 0) is 0 Å². The predicted octanol–water partition coefficient (Wildman–Crippen LogP) is 3.61. The number of hydrogen-bond donors (Lipinski definition) is 1. The molecular weight excluding hydrogens is 248 g/mol. The summed E-state index contributed by atoms with van der Waals surface area (Å²) in [6.07, 6.45) is 0.514. The van der Waals surface area contributed by atoms with Gasteiger partial charge in [-0.1, -0.05) is 37.8 Å². The van der Waals surface area contributed by atoms with Gasteiger partial charge in [0.25, 0.3) is 0 Å². The van der Waals surface area contributed by atoms with Gasteiger partial charge in [0.05, 0.1) is 13.2 Å². The Labute approximate surface area is 120 Å². The Morgan fingerprint density at radius 1 is 1.10 bits per heavy atom. The molecule has 2 nitrogen and oxygen atoms in total. The fraction of sp³-hybridized carbons (Fsp3) is 0.333. The van der Waals surface area contributed by atoms with E-state index in [-0.39, 0.29) is 6.61 Å². The fourth-order valence-corrected chi connectivity index (χ4v) is 1.87. The summed E-state index contributed by atoms with van der Waals surface area (Å²) in [6.45, 7) is 5.12. The van der Waals surface area contributed by atoms with E-state index in [2.05, 4.69) is 50.0 Å². The molecule has 2 aromatic rings. The monoisotopic (exact) mass is 268 g/mol. The first kappa shape index (κ1) is 14.4. The number of benzene rings is 2. The fourth-order valence-electron chi connectivity index (χ4n) is 1.87. The summed E-state index contributed by atoms with van der Waals surface area (Å²) in [6, 6.07) is 12.2. The Kier molecular flexibility index (Phi) is 5.03. The van der Waals surface area contributed by atoms with E-state index in [9.17, 15) is 0 Å². The van der Waals surface area contributed by atoms with Crippen LogP contribution in [0.5, 0.6) is 5.75 Å². The van der Waals surface area contributed by atoms with Crippen molar-refractivity contribution in [2.24, 2.45) is 5.92 Å². The molecule has 0 saturated heterocycles. The van der Waals surface area contributed by atoms with Gasteiger partial charge in [-0.25, -0.2) is 0 Å². The van der Waals surface area contributed by atoms with E-state index in [4.69, 9.17) is 9.84 Å². The second kappa shape index (κ2) is 6.98. The molecule has 0 radical (unpaired) electrons. The Morgan fingerprint density at radius 3 is 2.60 bits per heavy atom. The molecule has 0 amide bonds. The summed E-state index contributed by atoms with van der Waals surface area (Å²) in [7, 11) is 0. The van der Waals surface area contributed by atoms with Gasteiger partial charge in [0.2, 0.25) is 0 Å². The lowest BCUT2D eigenvalue weighted by Gasteiger charge is -2.09. The van der Waals surface area contributed by atoms with Gasteiger partial charge in [-0.2, -0.15) is 0 Å². The van der Waals surface area contributed by atoms with Crippen molar-refractivity contribution in [2.75, 3.05) is 13.2 Å². The number of rotatable bonds is 4. The van der Waals surface area contributed by atoms with Crippen LogP contribution in [-0.4, -0.2) is 18.3 Å². The maximum absolute atomic E-state index is 8.72. The standard InChI is InChI=1S/C18H20O2/c1-14(2)13-20-18-9-8-16-11-15(5-3-4-10-19)6-7-17(16)12-18/h6-9,11-12,14,19H,4,10,13H2,1-2H3. The smallest absolute Gasteiger partial charge is 0.119 e. The van der Waals surface area contributed by atoms with Crippen LogP contribution in [0, 0.1) is 17.8 Å². The molecule has 20 heavy (non-hydrogen) atoms. The van der Waals surface area contributed by atoms with Gasteiger partial charge in [0.15, 0.2) is 0 Å². The van der Waals surface area contributed by atoms with Crippen molar-refractivity contribution < 1.29 is 9.84 Å². The third-order valence-electron chi connectivity index (χ3n) is 2.86. The second-order valence-corrected chi connectivity index (χ2v) is 5.20. The third-order valence-corrected chi connectivity index (χ3v) is 2.86. The van der Waals surface area contributed by atoms with Crippen LogP contribution in [0.15, 0.2) is 36.4 Å². The molecule has 104 valence electrons. The number of ether oxygens (including phenoxy) is 1. The Balaban J connectivity index is 2.19. The highest BCUT2D eigenvalue weighted by Crippen LogP contribution is 2.22. The van der Waals surface area contributed by atoms with Gasteiger partial charge in [0, 0.05) is 12.0 Å². The highest BCUT2D eigenvalue weighted by atomic mass is 16.5. The quantitative estimate of drug-likeness (QED) is 0.858. The summed E-state index contributed by atoms with van der Waals surface area (Å²) < 4.78 is 5.73. The highest BCUT2D eigenvalue weighted by molar-refractivity contribution is 5.85. The number of hydrogen-bond acceptors (Lipinski definition) is 2. The third kappa shape index (κ3) is 4.01. The highest BCUT2D eigenvalue weighted by Gasteiger charge is 2.00. The van der Waals surface area contributed by atoms with E-state index < -0.39 is 0 Å².